The number of allylic oxidation sites excluding steroid dienone is 1. The van der Waals surface area contributed by atoms with E-state index in [1.807, 2.05) is 5.92 Å². The van der Waals surface area contributed by atoms with Crippen LogP contribution in [0.1, 0.15) is 17.5 Å². The minimum absolute atomic E-state index is 0.122. The molecule has 2 aromatic rings. The summed E-state index contributed by atoms with van der Waals surface area (Å²) in [5.74, 6) is -0.333. The maximum Gasteiger partial charge on any atom is 0.142 e. The number of hydrogen-bond donors (Lipinski definition) is 0. The van der Waals surface area contributed by atoms with Gasteiger partial charge in [-0.3, -0.25) is 0 Å². The molecule has 0 heterocycles. The van der Waals surface area contributed by atoms with Gasteiger partial charge in [0.15, 0.2) is 0 Å². The van der Waals surface area contributed by atoms with Crippen LogP contribution >= 0.6 is 0 Å². The highest BCUT2D eigenvalue weighted by Crippen LogP contribution is 2.27. The highest BCUT2D eigenvalue weighted by molar-refractivity contribution is 5.66. The monoisotopic (exact) mass is 286 g/mol. The molecular weight excluding hydrogens is 273 g/mol. The van der Waals surface area contributed by atoms with Gasteiger partial charge in [-0.2, -0.15) is 0 Å². The minimum atomic E-state index is -0.873. The maximum atomic E-state index is 14.1. The first-order valence-electron chi connectivity index (χ1n) is 6.42. The fraction of sp³-hybridized carbons (Fsp3) is 0.111. The molecule has 0 N–H and O–H groups in total. The lowest BCUT2D eigenvalue weighted by Crippen LogP contribution is -1.94. The highest BCUT2D eigenvalue weighted by atomic mass is 19.1. The first kappa shape index (κ1) is 14.9. The third kappa shape index (κ3) is 3.17. The van der Waals surface area contributed by atoms with Gasteiger partial charge in [-0.25, -0.2) is 13.2 Å². The molecule has 0 radical (unpaired) electrons. The molecule has 2 rings (SSSR count). The Kier molecular flexibility index (Phi) is 4.49. The van der Waals surface area contributed by atoms with Crippen LogP contribution in [0, 0.1) is 29.8 Å². The van der Waals surface area contributed by atoms with E-state index in [2.05, 4.69) is 6.58 Å². The molecular formula is C18H13F3. The van der Waals surface area contributed by atoms with Crippen LogP contribution in [0.15, 0.2) is 43.0 Å². The van der Waals surface area contributed by atoms with Crippen molar-refractivity contribution in [3.8, 4) is 23.5 Å². The van der Waals surface area contributed by atoms with Crippen LogP contribution in [0.2, 0.25) is 0 Å². The Morgan fingerprint density at radius 1 is 1.05 bits per heavy atom. The lowest BCUT2D eigenvalue weighted by molar-refractivity contribution is 0.577. The number of aryl methyl sites for hydroxylation is 1. The predicted molar refractivity (Wildman–Crippen MR) is 78.2 cm³/mol. The highest BCUT2D eigenvalue weighted by Gasteiger charge is 2.13. The summed E-state index contributed by atoms with van der Waals surface area (Å²) in [6.45, 7) is 3.61. The lowest BCUT2D eigenvalue weighted by atomic mass is 9.99. The van der Waals surface area contributed by atoms with Gasteiger partial charge >= 0.3 is 0 Å². The second-order valence-corrected chi connectivity index (χ2v) is 4.60. The third-order valence-electron chi connectivity index (χ3n) is 3.17. The Morgan fingerprint density at radius 3 is 2.24 bits per heavy atom. The Labute approximate surface area is 121 Å². The molecule has 0 atom stereocenters. The number of terminal acetylenes is 1. The molecule has 0 amide bonds. The van der Waals surface area contributed by atoms with Crippen molar-refractivity contribution in [2.24, 2.45) is 0 Å². The predicted octanol–water partition coefficient (Wildman–Crippen LogP) is 4.87. The van der Waals surface area contributed by atoms with Gasteiger partial charge < -0.3 is 0 Å². The topological polar surface area (TPSA) is 0 Å². The summed E-state index contributed by atoms with van der Waals surface area (Å²) in [7, 11) is 0. The largest absolute Gasteiger partial charge is 0.206 e. The molecule has 21 heavy (non-hydrogen) atoms. The average Bonchev–Trinajstić information content (AvgIpc) is 2.44. The second kappa shape index (κ2) is 6.32. The van der Waals surface area contributed by atoms with Gasteiger partial charge in [0, 0.05) is 5.56 Å². The Balaban J connectivity index is 2.43. The average molecular weight is 286 g/mol. The smallest absolute Gasteiger partial charge is 0.142 e. The molecule has 0 nitrogen and oxygen atoms in total. The summed E-state index contributed by atoms with van der Waals surface area (Å²) in [5.41, 5.74) is 0.620. The summed E-state index contributed by atoms with van der Waals surface area (Å²) < 4.78 is 41.4. The molecule has 0 aromatic heterocycles. The van der Waals surface area contributed by atoms with E-state index in [0.29, 0.717) is 6.42 Å². The van der Waals surface area contributed by atoms with Crippen molar-refractivity contribution in [3.63, 3.8) is 0 Å². The van der Waals surface area contributed by atoms with E-state index in [1.165, 1.54) is 12.1 Å². The van der Waals surface area contributed by atoms with Gasteiger partial charge in [-0.15, -0.1) is 13.0 Å². The number of hydrogen-bond acceptors (Lipinski definition) is 0. The SMILES string of the molecule is C#Cc1c(F)cc(-c2ccc(CCC=C)cc2F)cc1F. The number of benzene rings is 2. The molecule has 0 fully saturated rings. The van der Waals surface area contributed by atoms with Gasteiger partial charge in [0.05, 0.1) is 5.56 Å². The molecule has 0 aliphatic rings. The zero-order valence-electron chi connectivity index (χ0n) is 11.3. The van der Waals surface area contributed by atoms with Gasteiger partial charge in [0.25, 0.3) is 0 Å². The molecule has 3 heteroatoms. The fourth-order valence-electron chi connectivity index (χ4n) is 2.08. The van der Waals surface area contributed by atoms with Crippen LogP contribution in [0.5, 0.6) is 0 Å². The normalized spacial score (nSPS) is 10.2. The van der Waals surface area contributed by atoms with Gasteiger partial charge in [-0.1, -0.05) is 24.1 Å². The third-order valence-corrected chi connectivity index (χ3v) is 3.17. The number of rotatable bonds is 4. The van der Waals surface area contributed by atoms with E-state index in [-0.39, 0.29) is 11.1 Å². The van der Waals surface area contributed by atoms with E-state index in [1.54, 1.807) is 12.1 Å². The molecule has 0 aliphatic heterocycles. The summed E-state index contributed by atoms with van der Waals surface area (Å²) in [5, 5.41) is 0. The van der Waals surface area contributed by atoms with E-state index >= 15 is 0 Å². The van der Waals surface area contributed by atoms with Gasteiger partial charge in [-0.05, 0) is 42.2 Å². The van der Waals surface area contributed by atoms with E-state index in [0.717, 1.165) is 24.1 Å². The lowest BCUT2D eigenvalue weighted by Gasteiger charge is -2.08. The van der Waals surface area contributed by atoms with Crippen molar-refractivity contribution in [3.05, 3.63) is 71.6 Å². The van der Waals surface area contributed by atoms with Crippen LogP contribution in [0.25, 0.3) is 11.1 Å². The van der Waals surface area contributed by atoms with Crippen molar-refractivity contribution in [1.82, 2.24) is 0 Å². The molecule has 0 aliphatic carbocycles. The summed E-state index contributed by atoms with van der Waals surface area (Å²) >= 11 is 0. The number of halogens is 3. The molecule has 0 saturated heterocycles. The molecule has 0 bridgehead atoms. The molecule has 106 valence electrons. The zero-order chi connectivity index (χ0) is 15.4. The molecule has 0 saturated carbocycles. The van der Waals surface area contributed by atoms with Crippen molar-refractivity contribution in [2.75, 3.05) is 0 Å². The van der Waals surface area contributed by atoms with Crippen molar-refractivity contribution in [1.29, 1.82) is 0 Å². The van der Waals surface area contributed by atoms with E-state index < -0.39 is 23.0 Å². The quantitative estimate of drug-likeness (QED) is 0.555. The van der Waals surface area contributed by atoms with Gasteiger partial charge in [0.2, 0.25) is 0 Å². The summed E-state index contributed by atoms with van der Waals surface area (Å²) in [6.07, 6.45) is 8.17. The molecule has 0 unspecified atom stereocenters. The van der Waals surface area contributed by atoms with Crippen molar-refractivity contribution >= 4 is 0 Å². The maximum absolute atomic E-state index is 14.1. The van der Waals surface area contributed by atoms with Crippen molar-refractivity contribution < 1.29 is 13.2 Å². The summed E-state index contributed by atoms with van der Waals surface area (Å²) in [4.78, 5) is 0. The Hall–Kier alpha value is -2.47. The first-order chi connectivity index (χ1) is 10.1. The van der Waals surface area contributed by atoms with Crippen LogP contribution in [0.4, 0.5) is 13.2 Å². The first-order valence-corrected chi connectivity index (χ1v) is 6.42. The minimum Gasteiger partial charge on any atom is -0.206 e. The van der Waals surface area contributed by atoms with Crippen molar-refractivity contribution in [2.45, 2.75) is 12.8 Å². The van der Waals surface area contributed by atoms with Gasteiger partial charge in [0.1, 0.15) is 17.5 Å². The van der Waals surface area contributed by atoms with E-state index in [9.17, 15) is 13.2 Å². The standard InChI is InChI=1S/C18H13F3/c1-3-5-6-12-7-8-15(16(19)9-12)13-10-17(20)14(4-2)18(21)11-13/h2-3,7-11H,1,5-6H2. The molecule has 0 spiro atoms. The molecule has 2 aromatic carbocycles. The van der Waals surface area contributed by atoms with E-state index in [4.69, 9.17) is 6.42 Å². The van der Waals surface area contributed by atoms with Crippen LogP contribution in [-0.4, -0.2) is 0 Å². The second-order valence-electron chi connectivity index (χ2n) is 4.60. The van der Waals surface area contributed by atoms with Crippen LogP contribution in [0.3, 0.4) is 0 Å². The van der Waals surface area contributed by atoms with Crippen LogP contribution < -0.4 is 0 Å². The van der Waals surface area contributed by atoms with Crippen LogP contribution in [-0.2, 0) is 6.42 Å². The zero-order valence-corrected chi connectivity index (χ0v) is 11.3. The Bertz CT molecular complexity index is 701. The Morgan fingerprint density at radius 2 is 1.71 bits per heavy atom. The summed E-state index contributed by atoms with van der Waals surface area (Å²) in [6, 6.07) is 6.69. The fourth-order valence-corrected chi connectivity index (χ4v) is 2.08.